The highest BCUT2D eigenvalue weighted by Gasteiger charge is 2.61. The quantitative estimate of drug-likeness (QED) is 0.0851. The summed E-state index contributed by atoms with van der Waals surface area (Å²) in [6.07, 6.45) is 8.91. The van der Waals surface area contributed by atoms with Gasteiger partial charge in [-0.3, -0.25) is 14.2 Å². The predicted octanol–water partition coefficient (Wildman–Crippen LogP) is 7.65. The predicted molar refractivity (Wildman–Crippen MR) is 237 cm³/mol. The van der Waals surface area contributed by atoms with Crippen LogP contribution in [0.1, 0.15) is 98.3 Å². The van der Waals surface area contributed by atoms with Crippen LogP contribution >= 0.6 is 18.9 Å². The number of carbonyl (C=O) groups is 4. The Morgan fingerprint density at radius 1 is 1.02 bits per heavy atom. The Balaban J connectivity index is 1.21. The molecule has 17 nitrogen and oxygen atoms in total. The largest absolute Gasteiger partial charge is 0.488 e. The van der Waals surface area contributed by atoms with Crippen LogP contribution in [-0.2, 0) is 32.7 Å². The highest BCUT2D eigenvalue weighted by molar-refractivity contribution is 7.53. The Morgan fingerprint density at radius 2 is 1.78 bits per heavy atom. The molecule has 2 aromatic heterocycles. The number of alkyl carbamates (subject to hydrolysis) is 1. The molecule has 3 aromatic rings. The molecule has 2 aliphatic heterocycles. The summed E-state index contributed by atoms with van der Waals surface area (Å²) in [5.74, 6) is -1.85. The summed E-state index contributed by atoms with van der Waals surface area (Å²) in [6.45, 7) is 7.81. The third kappa shape index (κ3) is 11.3. The number of carboxylic acid groups (broad SMARTS) is 1. The van der Waals surface area contributed by atoms with E-state index in [9.17, 15) is 28.8 Å². The van der Waals surface area contributed by atoms with Gasteiger partial charge in [0.15, 0.2) is 11.5 Å². The second kappa shape index (κ2) is 20.4. The number of fused-ring (bicyclic) bond motifs is 3. The van der Waals surface area contributed by atoms with Crippen molar-refractivity contribution >= 4 is 58.8 Å². The van der Waals surface area contributed by atoms with Gasteiger partial charge in [-0.15, -0.1) is 11.3 Å². The molecule has 4 N–H and O–H groups in total. The number of thiazole rings is 1. The van der Waals surface area contributed by atoms with Crippen molar-refractivity contribution in [1.82, 2.24) is 25.5 Å². The van der Waals surface area contributed by atoms with Gasteiger partial charge in [-0.25, -0.2) is 19.6 Å². The monoisotopic (exact) mass is 910 g/mol. The Hall–Kier alpha value is -4.77. The Labute approximate surface area is 371 Å². The Bertz CT molecular complexity index is 2200. The van der Waals surface area contributed by atoms with E-state index < -0.39 is 55.2 Å². The van der Waals surface area contributed by atoms with Crippen LogP contribution in [0, 0.1) is 5.92 Å². The number of hydrogen-bond donors (Lipinski definition) is 4. The van der Waals surface area contributed by atoms with Crippen molar-refractivity contribution in [3.05, 3.63) is 41.8 Å². The molecule has 19 heteroatoms. The first kappa shape index (κ1) is 46.2. The fourth-order valence-electron chi connectivity index (χ4n) is 8.52. The van der Waals surface area contributed by atoms with E-state index in [0.717, 1.165) is 44.9 Å². The minimum atomic E-state index is -3.53. The van der Waals surface area contributed by atoms with E-state index in [4.69, 9.17) is 33.2 Å². The smallest absolute Gasteiger partial charge is 0.408 e. The van der Waals surface area contributed by atoms with E-state index in [1.54, 1.807) is 38.1 Å². The lowest BCUT2D eigenvalue weighted by molar-refractivity contribution is -0.145. The van der Waals surface area contributed by atoms with Crippen LogP contribution in [0.2, 0.25) is 0 Å². The molecule has 342 valence electrons. The number of amides is 3. The highest BCUT2D eigenvalue weighted by atomic mass is 32.1. The number of nitrogens with one attached hydrogen (secondary N) is 3. The number of anilines is 1. The molecule has 4 aliphatic rings. The summed E-state index contributed by atoms with van der Waals surface area (Å²) in [7, 11) is -3.53. The number of rotatable bonds is 15. The summed E-state index contributed by atoms with van der Waals surface area (Å²) < 4.78 is 42.5. The van der Waals surface area contributed by atoms with Gasteiger partial charge in [0, 0.05) is 41.3 Å². The van der Waals surface area contributed by atoms with Gasteiger partial charge in [0.05, 0.1) is 31.0 Å². The number of carboxylic acids is 1. The van der Waals surface area contributed by atoms with Crippen molar-refractivity contribution in [2.75, 3.05) is 31.4 Å². The third-order valence-corrected chi connectivity index (χ3v) is 14.3. The SMILES string of the molecule is CCOP(=O)(COc1ccc2c(O[C@@H]3C[C@H]4C(=O)N[C@]5(C(=O)O)C[C@H]5/C=C\CCCCC[C@H](NC(=O)OC5CCCC5)C(=O)N4C3)cc(-c3csc(NC(C)C)n3)nc2c1)OCC. The lowest BCUT2D eigenvalue weighted by atomic mass is 10.0. The lowest BCUT2D eigenvalue weighted by Crippen LogP contribution is -2.56. The van der Waals surface area contributed by atoms with E-state index in [0.29, 0.717) is 51.8 Å². The van der Waals surface area contributed by atoms with Crippen molar-refractivity contribution in [2.45, 2.75) is 134 Å². The van der Waals surface area contributed by atoms with Gasteiger partial charge in [0.1, 0.15) is 47.0 Å². The second-order valence-electron chi connectivity index (χ2n) is 16.9. The third-order valence-electron chi connectivity index (χ3n) is 11.7. The van der Waals surface area contributed by atoms with Crippen molar-refractivity contribution in [2.24, 2.45) is 5.92 Å². The van der Waals surface area contributed by atoms with Gasteiger partial charge in [0.25, 0.3) is 0 Å². The van der Waals surface area contributed by atoms with Gasteiger partial charge in [-0.2, -0.15) is 0 Å². The molecule has 63 heavy (non-hydrogen) atoms. The van der Waals surface area contributed by atoms with Crippen LogP contribution < -0.4 is 25.4 Å². The molecule has 0 spiro atoms. The molecule has 2 saturated carbocycles. The highest BCUT2D eigenvalue weighted by Crippen LogP contribution is 2.48. The number of ether oxygens (including phenoxy) is 3. The molecule has 1 saturated heterocycles. The topological polar surface area (TPSA) is 217 Å². The van der Waals surface area contributed by atoms with E-state index >= 15 is 0 Å². The fraction of sp³-hybridized carbons (Fsp3) is 0.591. The standard InChI is InChI=1S/C44H59N6O11PS/c1-5-58-62(56,59-6-2)26-57-30-18-19-32-34(20-30)46-35(36-25-63-42(47-36)45-27(3)4)22-38(32)60-31-21-37-39(51)49-44(41(53)54)23-28(44)14-10-8-7-9-11-17-33(40(52)50(37)24-31)48-43(55)61-29-15-12-13-16-29/h10,14,18-20,22,25,27-29,31,33,37H,5-9,11-13,15-17,21,23-24,26H2,1-4H3,(H,45,47)(H,48,55)(H,49,51)(H,53,54)/b14-10-/t28-,31-,33+,37+,44-/m1/s1. The van der Waals surface area contributed by atoms with Gasteiger partial charge in [0.2, 0.25) is 11.8 Å². The number of aromatic nitrogens is 2. The van der Waals surface area contributed by atoms with E-state index in [2.05, 4.69) is 16.0 Å². The first-order valence-electron chi connectivity index (χ1n) is 22.1. The summed E-state index contributed by atoms with van der Waals surface area (Å²) in [5, 5.41) is 22.5. The van der Waals surface area contributed by atoms with Crippen LogP contribution in [0.4, 0.5) is 9.93 Å². The van der Waals surface area contributed by atoms with Gasteiger partial charge in [-0.05, 0) is 91.2 Å². The zero-order valence-electron chi connectivity index (χ0n) is 36.3. The molecular weight excluding hydrogens is 852 g/mol. The second-order valence-corrected chi connectivity index (χ2v) is 19.7. The summed E-state index contributed by atoms with van der Waals surface area (Å²) in [5.41, 5.74) is 0.0464. The number of nitrogens with zero attached hydrogens (tertiary/aromatic N) is 3. The van der Waals surface area contributed by atoms with E-state index in [-0.39, 0.29) is 57.0 Å². The average Bonchev–Trinajstić information content (AvgIpc) is 3.67. The van der Waals surface area contributed by atoms with E-state index in [1.165, 1.54) is 16.2 Å². The molecule has 3 fully saturated rings. The number of aliphatic carboxylic acids is 1. The number of pyridine rings is 1. The number of benzene rings is 1. The summed E-state index contributed by atoms with van der Waals surface area (Å²) in [6, 6.07) is 4.96. The molecule has 0 radical (unpaired) electrons. The average molecular weight is 911 g/mol. The fourth-order valence-corrected chi connectivity index (χ4v) is 10.7. The maximum Gasteiger partial charge on any atom is 0.408 e. The first-order valence-corrected chi connectivity index (χ1v) is 24.7. The zero-order valence-corrected chi connectivity index (χ0v) is 38.0. The molecule has 5 atom stereocenters. The minimum absolute atomic E-state index is 0.0280. The van der Waals surface area contributed by atoms with Crippen LogP contribution in [0.15, 0.2) is 41.8 Å². The van der Waals surface area contributed by atoms with Gasteiger partial charge in [-0.1, -0.05) is 25.0 Å². The molecule has 2 aliphatic carbocycles. The van der Waals surface area contributed by atoms with Crippen LogP contribution in [0.5, 0.6) is 11.5 Å². The normalized spacial score (nSPS) is 25.1. The maximum atomic E-state index is 14.7. The van der Waals surface area contributed by atoms with Crippen LogP contribution in [0.3, 0.4) is 0 Å². The number of allylic oxidation sites excluding steroid dienone is 1. The number of hydrogen-bond acceptors (Lipinski definition) is 14. The zero-order chi connectivity index (χ0) is 44.7. The molecular formula is C44H59N6O11PS. The number of carbonyl (C=O) groups excluding carboxylic acids is 3. The van der Waals surface area contributed by atoms with Crippen molar-refractivity contribution < 1.29 is 52.1 Å². The lowest BCUT2D eigenvalue weighted by Gasteiger charge is -2.29. The summed E-state index contributed by atoms with van der Waals surface area (Å²) >= 11 is 1.43. The molecule has 7 rings (SSSR count). The minimum Gasteiger partial charge on any atom is -0.488 e. The maximum absolute atomic E-state index is 14.7. The molecule has 4 heterocycles. The van der Waals surface area contributed by atoms with Gasteiger partial charge < -0.3 is 49.2 Å². The molecule has 3 amide bonds. The van der Waals surface area contributed by atoms with Crippen LogP contribution in [0.25, 0.3) is 22.3 Å². The summed E-state index contributed by atoms with van der Waals surface area (Å²) in [4.78, 5) is 66.0. The van der Waals surface area contributed by atoms with Crippen LogP contribution in [-0.4, -0.2) is 106 Å². The Morgan fingerprint density at radius 3 is 2.51 bits per heavy atom. The Kier molecular flexibility index (Phi) is 15.0. The van der Waals surface area contributed by atoms with Crippen molar-refractivity contribution in [3.63, 3.8) is 0 Å². The molecule has 1 aromatic carbocycles. The van der Waals surface area contributed by atoms with Crippen molar-refractivity contribution in [1.29, 1.82) is 0 Å². The molecule has 0 unspecified atom stereocenters. The first-order chi connectivity index (χ1) is 30.3. The van der Waals surface area contributed by atoms with Gasteiger partial charge >= 0.3 is 19.7 Å². The van der Waals surface area contributed by atoms with E-state index in [1.807, 2.05) is 31.4 Å². The van der Waals surface area contributed by atoms with Crippen molar-refractivity contribution in [3.8, 4) is 22.9 Å². The molecule has 0 bridgehead atoms.